The minimum Gasteiger partial charge on any atom is -0.346 e. The van der Waals surface area contributed by atoms with E-state index >= 15 is 0 Å². The van der Waals surface area contributed by atoms with Crippen molar-refractivity contribution in [2.45, 2.75) is 25.4 Å². The van der Waals surface area contributed by atoms with Gasteiger partial charge in [0.15, 0.2) is 0 Å². The van der Waals surface area contributed by atoms with Gasteiger partial charge in [0.05, 0.1) is 13.1 Å². The summed E-state index contributed by atoms with van der Waals surface area (Å²) in [6, 6.07) is 10.6. The molecule has 1 saturated heterocycles. The lowest BCUT2D eigenvalue weighted by molar-refractivity contribution is -0.134. The molecule has 2 amide bonds. The Bertz CT molecular complexity index is 531. The number of hydrogen-bond acceptors (Lipinski definition) is 4. The Balaban J connectivity index is 0.00000288. The molecular formula is C17H28Cl2N4O2. The average molecular weight is 391 g/mol. The predicted octanol–water partition coefficient (Wildman–Crippen LogP) is 1.03. The summed E-state index contributed by atoms with van der Waals surface area (Å²) in [5, 5.41) is 2.53. The van der Waals surface area contributed by atoms with Crippen molar-refractivity contribution in [3.8, 4) is 0 Å². The number of nitrogens with one attached hydrogen (secondary N) is 1. The second kappa shape index (κ2) is 12.1. The van der Waals surface area contributed by atoms with Crippen molar-refractivity contribution in [2.24, 2.45) is 5.73 Å². The Labute approximate surface area is 161 Å². The molecule has 1 aliphatic rings. The number of carbonyl (C=O) groups is 2. The number of likely N-dealkylation sites (N-methyl/N-ethyl adjacent to an activating group) is 1. The first-order valence-corrected chi connectivity index (χ1v) is 8.09. The number of hydrogen-bond donors (Lipinski definition) is 2. The largest absolute Gasteiger partial charge is 0.346 e. The zero-order valence-corrected chi connectivity index (χ0v) is 16.2. The van der Waals surface area contributed by atoms with Crippen LogP contribution in [0.4, 0.5) is 0 Å². The molecule has 0 radical (unpaired) electrons. The Hall–Kier alpha value is -1.34. The molecule has 2 rings (SSSR count). The van der Waals surface area contributed by atoms with E-state index < -0.39 is 0 Å². The van der Waals surface area contributed by atoms with E-state index in [2.05, 4.69) is 22.3 Å². The monoisotopic (exact) mass is 390 g/mol. The third kappa shape index (κ3) is 7.61. The highest BCUT2D eigenvalue weighted by Gasteiger charge is 2.26. The van der Waals surface area contributed by atoms with Gasteiger partial charge in [0, 0.05) is 26.2 Å². The lowest BCUT2D eigenvalue weighted by Crippen LogP contribution is -2.50. The third-order valence-electron chi connectivity index (χ3n) is 4.29. The van der Waals surface area contributed by atoms with Crippen LogP contribution in [0, 0.1) is 0 Å². The van der Waals surface area contributed by atoms with Crippen LogP contribution in [-0.2, 0) is 16.1 Å². The molecule has 1 aliphatic heterocycles. The van der Waals surface area contributed by atoms with Gasteiger partial charge >= 0.3 is 0 Å². The third-order valence-corrected chi connectivity index (χ3v) is 4.29. The molecule has 0 saturated carbocycles. The lowest BCUT2D eigenvalue weighted by atomic mass is 10.0. The van der Waals surface area contributed by atoms with Gasteiger partial charge in [-0.05, 0) is 24.9 Å². The Morgan fingerprint density at radius 1 is 1.28 bits per heavy atom. The van der Waals surface area contributed by atoms with E-state index in [0.29, 0.717) is 0 Å². The molecule has 1 heterocycles. The summed E-state index contributed by atoms with van der Waals surface area (Å²) in [5.74, 6) is -0.376. The second-order valence-corrected chi connectivity index (χ2v) is 6.00. The summed E-state index contributed by atoms with van der Waals surface area (Å²) in [6.45, 7) is 2.75. The summed E-state index contributed by atoms with van der Waals surface area (Å²) in [6.07, 6.45) is 2.07. The molecule has 1 aromatic rings. The topological polar surface area (TPSA) is 78.7 Å². The molecular weight excluding hydrogens is 363 g/mol. The van der Waals surface area contributed by atoms with E-state index in [1.807, 2.05) is 25.2 Å². The van der Waals surface area contributed by atoms with Gasteiger partial charge in [-0.1, -0.05) is 30.3 Å². The molecule has 3 N–H and O–H groups in total. The molecule has 1 unspecified atom stereocenters. The van der Waals surface area contributed by atoms with E-state index in [4.69, 9.17) is 5.73 Å². The Morgan fingerprint density at radius 3 is 2.60 bits per heavy atom. The molecule has 0 aliphatic carbocycles. The van der Waals surface area contributed by atoms with Crippen molar-refractivity contribution in [3.05, 3.63) is 35.9 Å². The highest BCUT2D eigenvalue weighted by Crippen LogP contribution is 2.17. The number of piperidine rings is 1. The second-order valence-electron chi connectivity index (χ2n) is 6.00. The van der Waals surface area contributed by atoms with Gasteiger partial charge in [-0.3, -0.25) is 14.5 Å². The predicted molar refractivity (Wildman–Crippen MR) is 104 cm³/mol. The van der Waals surface area contributed by atoms with Crippen LogP contribution in [0.25, 0.3) is 0 Å². The summed E-state index contributed by atoms with van der Waals surface area (Å²) in [7, 11) is 1.81. The highest BCUT2D eigenvalue weighted by atomic mass is 35.5. The van der Waals surface area contributed by atoms with Crippen LogP contribution < -0.4 is 11.1 Å². The van der Waals surface area contributed by atoms with Crippen molar-refractivity contribution in [1.82, 2.24) is 15.1 Å². The maximum absolute atomic E-state index is 12.2. The van der Waals surface area contributed by atoms with E-state index in [0.717, 1.165) is 32.5 Å². The van der Waals surface area contributed by atoms with Gasteiger partial charge in [0.25, 0.3) is 0 Å². The average Bonchev–Trinajstić information content (AvgIpc) is 2.59. The maximum atomic E-state index is 12.2. The van der Waals surface area contributed by atoms with Crippen molar-refractivity contribution in [1.29, 1.82) is 0 Å². The van der Waals surface area contributed by atoms with Crippen molar-refractivity contribution in [3.63, 3.8) is 0 Å². The van der Waals surface area contributed by atoms with Crippen molar-refractivity contribution >= 4 is 36.6 Å². The number of likely N-dealkylation sites (tertiary alicyclic amines) is 1. The number of carbonyl (C=O) groups excluding carboxylic acids is 2. The molecule has 1 fully saturated rings. The van der Waals surface area contributed by atoms with Crippen LogP contribution in [-0.4, -0.2) is 60.9 Å². The number of rotatable bonds is 6. The smallest absolute Gasteiger partial charge is 0.242 e. The number of halogens is 2. The van der Waals surface area contributed by atoms with Gasteiger partial charge < -0.3 is 16.0 Å². The molecule has 0 aromatic heterocycles. The van der Waals surface area contributed by atoms with Crippen molar-refractivity contribution < 1.29 is 9.59 Å². The van der Waals surface area contributed by atoms with Crippen molar-refractivity contribution in [2.75, 3.05) is 33.2 Å². The molecule has 1 aromatic carbocycles. The van der Waals surface area contributed by atoms with Crippen LogP contribution in [0.15, 0.2) is 30.3 Å². The van der Waals surface area contributed by atoms with E-state index in [9.17, 15) is 9.59 Å². The molecule has 0 bridgehead atoms. The summed E-state index contributed by atoms with van der Waals surface area (Å²) < 4.78 is 0. The lowest BCUT2D eigenvalue weighted by Gasteiger charge is -2.37. The summed E-state index contributed by atoms with van der Waals surface area (Å²) >= 11 is 0. The summed E-state index contributed by atoms with van der Waals surface area (Å²) in [5.41, 5.74) is 6.51. The van der Waals surface area contributed by atoms with E-state index in [1.165, 1.54) is 5.56 Å². The van der Waals surface area contributed by atoms with Gasteiger partial charge in [0.1, 0.15) is 0 Å². The van der Waals surface area contributed by atoms with Gasteiger partial charge in [-0.2, -0.15) is 0 Å². The van der Waals surface area contributed by atoms with Crippen LogP contribution >= 0.6 is 24.8 Å². The zero-order valence-electron chi connectivity index (χ0n) is 14.5. The van der Waals surface area contributed by atoms with Gasteiger partial charge in [0.2, 0.25) is 11.8 Å². The molecule has 25 heavy (non-hydrogen) atoms. The zero-order chi connectivity index (χ0) is 16.7. The number of amides is 2. The molecule has 1 atom stereocenters. The first-order chi connectivity index (χ1) is 11.1. The fraction of sp³-hybridized carbons (Fsp3) is 0.529. The fourth-order valence-corrected chi connectivity index (χ4v) is 2.91. The number of benzene rings is 1. The molecule has 8 heteroatoms. The molecule has 142 valence electrons. The van der Waals surface area contributed by atoms with E-state index in [1.54, 1.807) is 4.90 Å². The summed E-state index contributed by atoms with van der Waals surface area (Å²) in [4.78, 5) is 27.5. The fourth-order valence-electron chi connectivity index (χ4n) is 2.91. The Kier molecular flexibility index (Phi) is 11.4. The standard InChI is InChI=1S/C17H26N4O2.2ClH/c1-20(17(23)11-19-16(22)10-18)15-8-5-9-21(13-15)12-14-6-3-2-4-7-14;;/h2-4,6-7,15H,5,8-13,18H2,1H3,(H,19,22);2*1H. The highest BCUT2D eigenvalue weighted by molar-refractivity contribution is 5.86. The van der Waals surface area contributed by atoms with Crippen LogP contribution in [0.2, 0.25) is 0 Å². The van der Waals surface area contributed by atoms with Gasteiger partial charge in [-0.15, -0.1) is 24.8 Å². The molecule has 0 spiro atoms. The number of nitrogens with two attached hydrogens (primary N) is 1. The van der Waals surface area contributed by atoms with Crippen LogP contribution in [0.1, 0.15) is 18.4 Å². The normalized spacial score (nSPS) is 17.0. The van der Waals surface area contributed by atoms with Crippen LogP contribution in [0.5, 0.6) is 0 Å². The quantitative estimate of drug-likeness (QED) is 0.759. The first kappa shape index (κ1) is 23.7. The minimum atomic E-state index is -0.305. The SMILES string of the molecule is CN(C(=O)CNC(=O)CN)C1CCCN(Cc2ccccc2)C1.Cl.Cl. The first-order valence-electron chi connectivity index (χ1n) is 8.09. The molecule has 6 nitrogen and oxygen atoms in total. The minimum absolute atomic E-state index is 0. The van der Waals surface area contributed by atoms with Crippen LogP contribution in [0.3, 0.4) is 0 Å². The Morgan fingerprint density at radius 2 is 1.96 bits per heavy atom. The van der Waals surface area contributed by atoms with Gasteiger partial charge in [-0.25, -0.2) is 0 Å². The maximum Gasteiger partial charge on any atom is 0.242 e. The van der Waals surface area contributed by atoms with E-state index in [-0.39, 0.29) is 55.8 Å². The number of nitrogens with zero attached hydrogens (tertiary/aromatic N) is 2.